The molecule has 0 radical (unpaired) electrons. The van der Waals surface area contributed by atoms with Gasteiger partial charge in [-0.1, -0.05) is 86.1 Å². The van der Waals surface area contributed by atoms with Gasteiger partial charge in [0.15, 0.2) is 0 Å². The number of unbranched alkanes of at least 4 members (excludes halogenated alkanes) is 1. The number of nitrogens with one attached hydrogen (secondary N) is 2. The maximum absolute atomic E-state index is 13.0. The molecule has 192 valence electrons. The molecular weight excluding hydrogens is 468 g/mol. The van der Waals surface area contributed by atoms with Crippen molar-refractivity contribution in [3.05, 3.63) is 120 Å². The summed E-state index contributed by atoms with van der Waals surface area (Å²) in [5.41, 5.74) is 7.26. The zero-order chi connectivity index (χ0) is 26.2. The van der Waals surface area contributed by atoms with Gasteiger partial charge in [-0.05, 0) is 53.4 Å². The maximum atomic E-state index is 13.0. The molecule has 2 N–H and O–H groups in total. The van der Waals surface area contributed by atoms with Crippen LogP contribution in [0.1, 0.15) is 41.5 Å². The minimum absolute atomic E-state index is 0.0724. The monoisotopic (exact) mass is 502 g/mol. The molecule has 0 aliphatic rings. The lowest BCUT2D eigenvalue weighted by Gasteiger charge is -2.11. The van der Waals surface area contributed by atoms with Crippen molar-refractivity contribution in [2.75, 3.05) is 18.4 Å². The van der Waals surface area contributed by atoms with Crippen LogP contribution in [0.15, 0.2) is 103 Å². The Labute approximate surface area is 224 Å². The number of aryl methyl sites for hydroxylation is 1. The SMILES string of the molecule is CCCCc1nc2ccc(C(=O)NCCNc3ccccc3)cc2n1Cc1ccc(-c2ccccc2)cc1. The number of carbonyl (C=O) groups is 1. The van der Waals surface area contributed by atoms with Crippen LogP contribution >= 0.6 is 0 Å². The largest absolute Gasteiger partial charge is 0.383 e. The standard InChI is InChI=1S/C33H34N4O/c1-2-3-14-32-36-30-20-19-28(33(38)35-22-21-34-29-12-8-5-9-13-29)23-31(30)37(32)24-25-15-17-27(18-16-25)26-10-6-4-7-11-26/h4-13,15-20,23,34H,2-3,14,21-22,24H2,1H3,(H,35,38). The van der Waals surface area contributed by atoms with Gasteiger partial charge in [0.2, 0.25) is 0 Å². The lowest BCUT2D eigenvalue weighted by Crippen LogP contribution is -2.28. The number of aromatic nitrogens is 2. The first-order valence-corrected chi connectivity index (χ1v) is 13.4. The number of hydrogen-bond donors (Lipinski definition) is 2. The van der Waals surface area contributed by atoms with Gasteiger partial charge >= 0.3 is 0 Å². The van der Waals surface area contributed by atoms with Crippen LogP contribution in [-0.4, -0.2) is 28.5 Å². The molecule has 38 heavy (non-hydrogen) atoms. The van der Waals surface area contributed by atoms with Gasteiger partial charge in [0.1, 0.15) is 5.82 Å². The van der Waals surface area contributed by atoms with Crippen molar-refractivity contribution in [1.82, 2.24) is 14.9 Å². The molecule has 5 aromatic rings. The van der Waals surface area contributed by atoms with Crippen LogP contribution in [0.4, 0.5) is 5.69 Å². The zero-order valence-corrected chi connectivity index (χ0v) is 21.9. The Bertz CT molecular complexity index is 1470. The highest BCUT2D eigenvalue weighted by molar-refractivity contribution is 5.97. The molecule has 0 aliphatic carbocycles. The highest BCUT2D eigenvalue weighted by Gasteiger charge is 2.14. The molecule has 0 saturated heterocycles. The third-order valence-electron chi connectivity index (χ3n) is 6.76. The second kappa shape index (κ2) is 12.2. The van der Waals surface area contributed by atoms with E-state index in [4.69, 9.17) is 4.98 Å². The molecule has 1 aromatic heterocycles. The predicted molar refractivity (Wildman–Crippen MR) is 157 cm³/mol. The van der Waals surface area contributed by atoms with Crippen molar-refractivity contribution in [2.24, 2.45) is 0 Å². The van der Waals surface area contributed by atoms with Gasteiger partial charge in [-0.15, -0.1) is 0 Å². The molecule has 0 bridgehead atoms. The van der Waals surface area contributed by atoms with Crippen LogP contribution in [0.2, 0.25) is 0 Å². The molecule has 0 aliphatic heterocycles. The molecule has 5 nitrogen and oxygen atoms in total. The quantitative estimate of drug-likeness (QED) is 0.192. The Kier molecular flexibility index (Phi) is 8.14. The number of amides is 1. The fourth-order valence-corrected chi connectivity index (χ4v) is 4.67. The van der Waals surface area contributed by atoms with Gasteiger partial charge in [0, 0.05) is 37.3 Å². The predicted octanol–water partition coefficient (Wildman–Crippen LogP) is 6.94. The van der Waals surface area contributed by atoms with E-state index >= 15 is 0 Å². The molecule has 0 unspecified atom stereocenters. The molecule has 1 heterocycles. The maximum Gasteiger partial charge on any atom is 0.251 e. The average molecular weight is 503 g/mol. The molecule has 0 spiro atoms. The number of hydrogen-bond acceptors (Lipinski definition) is 3. The van der Waals surface area contributed by atoms with Crippen LogP contribution < -0.4 is 10.6 Å². The fourth-order valence-electron chi connectivity index (χ4n) is 4.67. The molecule has 4 aromatic carbocycles. The lowest BCUT2D eigenvalue weighted by molar-refractivity contribution is 0.0955. The van der Waals surface area contributed by atoms with Crippen LogP contribution in [0.3, 0.4) is 0 Å². The number of benzene rings is 4. The first-order valence-electron chi connectivity index (χ1n) is 13.4. The third-order valence-corrected chi connectivity index (χ3v) is 6.76. The average Bonchev–Trinajstić information content (AvgIpc) is 3.31. The number of carbonyl (C=O) groups excluding carboxylic acids is 1. The molecule has 0 atom stereocenters. The second-order valence-corrected chi connectivity index (χ2v) is 9.53. The summed E-state index contributed by atoms with van der Waals surface area (Å²) < 4.78 is 2.27. The van der Waals surface area contributed by atoms with Crippen molar-refractivity contribution in [3.63, 3.8) is 0 Å². The number of rotatable bonds is 11. The molecule has 5 heteroatoms. The molecule has 0 saturated carbocycles. The van der Waals surface area contributed by atoms with Crippen molar-refractivity contribution in [2.45, 2.75) is 32.7 Å². The first-order chi connectivity index (χ1) is 18.7. The summed E-state index contributed by atoms with van der Waals surface area (Å²) in [6.07, 6.45) is 3.11. The number of para-hydroxylation sites is 1. The van der Waals surface area contributed by atoms with Crippen LogP contribution in [0.25, 0.3) is 22.2 Å². The topological polar surface area (TPSA) is 59.0 Å². The summed E-state index contributed by atoms with van der Waals surface area (Å²) >= 11 is 0. The summed E-state index contributed by atoms with van der Waals surface area (Å²) in [5, 5.41) is 6.36. The Hall–Kier alpha value is -4.38. The molecule has 0 fully saturated rings. The van der Waals surface area contributed by atoms with Gasteiger partial charge in [0.25, 0.3) is 5.91 Å². The van der Waals surface area contributed by atoms with E-state index in [1.807, 2.05) is 54.6 Å². The number of nitrogens with zero attached hydrogens (tertiary/aromatic N) is 2. The van der Waals surface area contributed by atoms with Gasteiger partial charge in [-0.3, -0.25) is 4.79 Å². The molecule has 1 amide bonds. The first kappa shape index (κ1) is 25.3. The van der Waals surface area contributed by atoms with E-state index in [0.29, 0.717) is 18.7 Å². The summed E-state index contributed by atoms with van der Waals surface area (Å²) in [4.78, 5) is 17.9. The highest BCUT2D eigenvalue weighted by atomic mass is 16.1. The van der Waals surface area contributed by atoms with Crippen LogP contribution in [0, 0.1) is 0 Å². The lowest BCUT2D eigenvalue weighted by atomic mass is 10.0. The third kappa shape index (κ3) is 6.12. The summed E-state index contributed by atoms with van der Waals surface area (Å²) in [6.45, 7) is 4.12. The van der Waals surface area contributed by atoms with Gasteiger partial charge in [-0.2, -0.15) is 0 Å². The Balaban J connectivity index is 1.33. The minimum atomic E-state index is -0.0724. The minimum Gasteiger partial charge on any atom is -0.383 e. The van der Waals surface area contributed by atoms with Crippen LogP contribution in [-0.2, 0) is 13.0 Å². The zero-order valence-electron chi connectivity index (χ0n) is 21.9. The Morgan fingerprint density at radius 1 is 0.816 bits per heavy atom. The van der Waals surface area contributed by atoms with Gasteiger partial charge in [0.05, 0.1) is 11.0 Å². The van der Waals surface area contributed by atoms with Crippen molar-refractivity contribution >= 4 is 22.6 Å². The molecular formula is C33H34N4O. The van der Waals surface area contributed by atoms with Gasteiger partial charge < -0.3 is 15.2 Å². The van der Waals surface area contributed by atoms with E-state index in [1.54, 1.807) is 0 Å². The smallest absolute Gasteiger partial charge is 0.251 e. The normalized spacial score (nSPS) is 11.0. The van der Waals surface area contributed by atoms with Crippen molar-refractivity contribution in [1.29, 1.82) is 0 Å². The fraction of sp³-hybridized carbons (Fsp3) is 0.212. The van der Waals surface area contributed by atoms with E-state index in [2.05, 4.69) is 70.7 Å². The van der Waals surface area contributed by atoms with E-state index < -0.39 is 0 Å². The summed E-state index contributed by atoms with van der Waals surface area (Å²) in [6, 6.07) is 35.0. The Morgan fingerprint density at radius 2 is 1.53 bits per heavy atom. The summed E-state index contributed by atoms with van der Waals surface area (Å²) in [7, 11) is 0. The Morgan fingerprint density at radius 3 is 2.26 bits per heavy atom. The number of fused-ring (bicyclic) bond motifs is 1. The van der Waals surface area contributed by atoms with Crippen molar-refractivity contribution in [3.8, 4) is 11.1 Å². The summed E-state index contributed by atoms with van der Waals surface area (Å²) in [5.74, 6) is 0.996. The van der Waals surface area contributed by atoms with Crippen molar-refractivity contribution < 1.29 is 4.79 Å². The second-order valence-electron chi connectivity index (χ2n) is 9.53. The van der Waals surface area contributed by atoms with E-state index in [-0.39, 0.29) is 5.91 Å². The van der Waals surface area contributed by atoms with E-state index in [1.165, 1.54) is 16.7 Å². The van der Waals surface area contributed by atoms with E-state index in [0.717, 1.165) is 48.4 Å². The number of imidazole rings is 1. The van der Waals surface area contributed by atoms with Crippen LogP contribution in [0.5, 0.6) is 0 Å². The van der Waals surface area contributed by atoms with Gasteiger partial charge in [-0.25, -0.2) is 4.98 Å². The number of anilines is 1. The molecule has 5 rings (SSSR count). The highest BCUT2D eigenvalue weighted by Crippen LogP contribution is 2.23. The van der Waals surface area contributed by atoms with E-state index in [9.17, 15) is 4.79 Å².